The Labute approximate surface area is 72.6 Å². The molecule has 0 rings (SSSR count). The van der Waals surface area contributed by atoms with Crippen LogP contribution in [0.3, 0.4) is 0 Å². The fourth-order valence-electron chi connectivity index (χ4n) is 0.790. The molecule has 0 aliphatic rings. The average molecular weight is 185 g/mol. The summed E-state index contributed by atoms with van der Waals surface area (Å²) in [6.07, 6.45) is 2.07. The van der Waals surface area contributed by atoms with Gasteiger partial charge < -0.3 is 4.74 Å². The van der Waals surface area contributed by atoms with Gasteiger partial charge in [-0.15, -0.1) is 23.2 Å². The standard InChI is InChI=1S/C7H14Cl2O/c1-2-10-7(3-5-8)4-6-9/h7H,2-6H2,1H3. The number of hydrogen-bond acceptors (Lipinski definition) is 1. The van der Waals surface area contributed by atoms with Gasteiger partial charge in [-0.3, -0.25) is 0 Å². The number of hydrogen-bond donors (Lipinski definition) is 0. The summed E-state index contributed by atoms with van der Waals surface area (Å²) < 4.78 is 5.35. The highest BCUT2D eigenvalue weighted by atomic mass is 35.5. The van der Waals surface area contributed by atoms with Gasteiger partial charge in [-0.2, -0.15) is 0 Å². The Bertz CT molecular complexity index is 54.4. The van der Waals surface area contributed by atoms with E-state index in [1.807, 2.05) is 6.92 Å². The SMILES string of the molecule is CCOC(CCCl)CCCl. The third kappa shape index (κ3) is 5.33. The predicted molar refractivity (Wildman–Crippen MR) is 46.1 cm³/mol. The fraction of sp³-hybridized carbons (Fsp3) is 1.00. The molecule has 0 saturated heterocycles. The molecular formula is C7H14Cl2O. The molecule has 0 radical (unpaired) electrons. The summed E-state index contributed by atoms with van der Waals surface area (Å²) >= 11 is 11.1. The van der Waals surface area contributed by atoms with Crippen molar-refractivity contribution in [2.75, 3.05) is 18.4 Å². The van der Waals surface area contributed by atoms with Gasteiger partial charge in [0.25, 0.3) is 0 Å². The van der Waals surface area contributed by atoms with Crippen molar-refractivity contribution in [2.45, 2.75) is 25.9 Å². The van der Waals surface area contributed by atoms with E-state index >= 15 is 0 Å². The maximum Gasteiger partial charge on any atom is 0.0597 e. The maximum absolute atomic E-state index is 5.54. The first-order valence-corrected chi connectivity index (χ1v) is 4.65. The number of halogens is 2. The quantitative estimate of drug-likeness (QED) is 0.578. The lowest BCUT2D eigenvalue weighted by atomic mass is 10.2. The Balaban J connectivity index is 3.30. The lowest BCUT2D eigenvalue weighted by molar-refractivity contribution is 0.0590. The maximum atomic E-state index is 5.54. The smallest absolute Gasteiger partial charge is 0.0597 e. The number of ether oxygens (including phenoxy) is 1. The summed E-state index contributed by atoms with van der Waals surface area (Å²) in [6, 6.07) is 0. The third-order valence-corrected chi connectivity index (χ3v) is 1.70. The van der Waals surface area contributed by atoms with Crippen LogP contribution >= 0.6 is 23.2 Å². The Morgan fingerprint density at radius 3 is 2.00 bits per heavy atom. The molecular weight excluding hydrogens is 171 g/mol. The lowest BCUT2D eigenvalue weighted by Gasteiger charge is -2.13. The Hall–Kier alpha value is 0.540. The summed E-state index contributed by atoms with van der Waals surface area (Å²) in [4.78, 5) is 0. The van der Waals surface area contributed by atoms with Crippen molar-refractivity contribution in [3.05, 3.63) is 0 Å². The minimum absolute atomic E-state index is 0.264. The van der Waals surface area contributed by atoms with Gasteiger partial charge in [0.1, 0.15) is 0 Å². The first-order chi connectivity index (χ1) is 4.85. The molecule has 0 saturated carbocycles. The first-order valence-electron chi connectivity index (χ1n) is 3.58. The zero-order valence-electron chi connectivity index (χ0n) is 6.28. The van der Waals surface area contributed by atoms with Crippen LogP contribution in [-0.2, 0) is 4.74 Å². The van der Waals surface area contributed by atoms with Gasteiger partial charge in [0, 0.05) is 18.4 Å². The van der Waals surface area contributed by atoms with Gasteiger partial charge in [0.05, 0.1) is 6.10 Å². The normalized spacial score (nSPS) is 10.8. The molecule has 0 bridgehead atoms. The van der Waals surface area contributed by atoms with E-state index in [2.05, 4.69) is 0 Å². The molecule has 0 aliphatic carbocycles. The molecule has 0 aromatic rings. The van der Waals surface area contributed by atoms with Crippen molar-refractivity contribution < 1.29 is 4.74 Å². The van der Waals surface area contributed by atoms with Gasteiger partial charge in [-0.25, -0.2) is 0 Å². The molecule has 0 aromatic heterocycles. The molecule has 10 heavy (non-hydrogen) atoms. The van der Waals surface area contributed by atoms with E-state index in [0.717, 1.165) is 19.4 Å². The van der Waals surface area contributed by atoms with Gasteiger partial charge in [-0.05, 0) is 19.8 Å². The Morgan fingerprint density at radius 1 is 1.20 bits per heavy atom. The highest BCUT2D eigenvalue weighted by Crippen LogP contribution is 2.05. The Morgan fingerprint density at radius 2 is 1.70 bits per heavy atom. The van der Waals surface area contributed by atoms with Gasteiger partial charge in [0.15, 0.2) is 0 Å². The second kappa shape index (κ2) is 7.64. The molecule has 0 heterocycles. The summed E-state index contributed by atoms with van der Waals surface area (Å²) in [5, 5.41) is 0. The van der Waals surface area contributed by atoms with Gasteiger partial charge >= 0.3 is 0 Å². The van der Waals surface area contributed by atoms with E-state index in [0.29, 0.717) is 11.8 Å². The van der Waals surface area contributed by atoms with E-state index in [-0.39, 0.29) is 6.10 Å². The van der Waals surface area contributed by atoms with E-state index in [4.69, 9.17) is 27.9 Å². The van der Waals surface area contributed by atoms with Crippen LogP contribution < -0.4 is 0 Å². The minimum atomic E-state index is 0.264. The molecule has 1 nitrogen and oxygen atoms in total. The van der Waals surface area contributed by atoms with Crippen molar-refractivity contribution in [1.29, 1.82) is 0 Å². The minimum Gasteiger partial charge on any atom is -0.378 e. The van der Waals surface area contributed by atoms with Crippen molar-refractivity contribution in [1.82, 2.24) is 0 Å². The largest absolute Gasteiger partial charge is 0.378 e. The molecule has 62 valence electrons. The van der Waals surface area contributed by atoms with Crippen molar-refractivity contribution in [2.24, 2.45) is 0 Å². The predicted octanol–water partition coefficient (Wildman–Crippen LogP) is 2.65. The topological polar surface area (TPSA) is 9.23 Å². The lowest BCUT2D eigenvalue weighted by Crippen LogP contribution is -2.13. The van der Waals surface area contributed by atoms with Crippen LogP contribution in [-0.4, -0.2) is 24.5 Å². The number of rotatable bonds is 6. The molecule has 0 unspecified atom stereocenters. The second-order valence-corrected chi connectivity index (χ2v) is 2.79. The van der Waals surface area contributed by atoms with Crippen LogP contribution in [0.1, 0.15) is 19.8 Å². The van der Waals surface area contributed by atoms with E-state index in [1.54, 1.807) is 0 Å². The van der Waals surface area contributed by atoms with Crippen LogP contribution in [0.4, 0.5) is 0 Å². The van der Waals surface area contributed by atoms with Crippen LogP contribution in [0.2, 0.25) is 0 Å². The van der Waals surface area contributed by atoms with E-state index in [1.165, 1.54) is 0 Å². The molecule has 0 atom stereocenters. The third-order valence-electron chi connectivity index (χ3n) is 1.26. The van der Waals surface area contributed by atoms with Crippen LogP contribution in [0.5, 0.6) is 0 Å². The van der Waals surface area contributed by atoms with Crippen molar-refractivity contribution in [3.63, 3.8) is 0 Å². The van der Waals surface area contributed by atoms with Gasteiger partial charge in [0.2, 0.25) is 0 Å². The summed E-state index contributed by atoms with van der Waals surface area (Å²) in [5.74, 6) is 1.31. The Kier molecular flexibility index (Phi) is 8.06. The molecule has 0 N–H and O–H groups in total. The van der Waals surface area contributed by atoms with Crippen LogP contribution in [0.15, 0.2) is 0 Å². The van der Waals surface area contributed by atoms with Crippen molar-refractivity contribution in [3.8, 4) is 0 Å². The summed E-state index contributed by atoms with van der Waals surface area (Å²) in [5.41, 5.74) is 0. The summed E-state index contributed by atoms with van der Waals surface area (Å²) in [6.45, 7) is 2.73. The monoisotopic (exact) mass is 184 g/mol. The molecule has 0 aromatic carbocycles. The highest BCUT2D eigenvalue weighted by molar-refractivity contribution is 6.18. The van der Waals surface area contributed by atoms with Crippen molar-refractivity contribution >= 4 is 23.2 Å². The molecule has 0 spiro atoms. The molecule has 0 amide bonds. The van der Waals surface area contributed by atoms with Crippen LogP contribution in [0.25, 0.3) is 0 Å². The molecule has 0 aliphatic heterocycles. The zero-order valence-corrected chi connectivity index (χ0v) is 7.79. The fourth-order valence-corrected chi connectivity index (χ4v) is 1.28. The average Bonchev–Trinajstić information content (AvgIpc) is 1.90. The van der Waals surface area contributed by atoms with Crippen LogP contribution in [0, 0.1) is 0 Å². The highest BCUT2D eigenvalue weighted by Gasteiger charge is 2.05. The number of alkyl halides is 2. The van der Waals surface area contributed by atoms with Gasteiger partial charge in [-0.1, -0.05) is 0 Å². The summed E-state index contributed by atoms with van der Waals surface area (Å²) in [7, 11) is 0. The second-order valence-electron chi connectivity index (χ2n) is 2.03. The molecule has 0 fully saturated rings. The zero-order chi connectivity index (χ0) is 7.82. The first kappa shape index (κ1) is 10.5. The van der Waals surface area contributed by atoms with E-state index in [9.17, 15) is 0 Å². The van der Waals surface area contributed by atoms with E-state index < -0.39 is 0 Å². The molecule has 3 heteroatoms.